The fourth-order valence-electron chi connectivity index (χ4n) is 1.34. The smallest absolute Gasteiger partial charge is 0.0857 e. The van der Waals surface area contributed by atoms with Crippen molar-refractivity contribution in [2.45, 2.75) is 45.5 Å². The van der Waals surface area contributed by atoms with Crippen LogP contribution in [-0.4, -0.2) is 5.50 Å². The molecule has 0 aromatic carbocycles. The van der Waals surface area contributed by atoms with Crippen LogP contribution in [0.3, 0.4) is 0 Å². The number of hydrogen-bond acceptors (Lipinski definition) is 1. The second-order valence-corrected chi connectivity index (χ2v) is 3.29. The molecule has 0 aromatic rings. The van der Waals surface area contributed by atoms with Gasteiger partial charge in [0.05, 0.1) is 5.50 Å². The van der Waals surface area contributed by atoms with Crippen molar-refractivity contribution in [3.63, 3.8) is 0 Å². The minimum atomic E-state index is -0.188. The van der Waals surface area contributed by atoms with Crippen LogP contribution in [0.1, 0.15) is 40.0 Å². The lowest BCUT2D eigenvalue weighted by Crippen LogP contribution is -2.36. The highest BCUT2D eigenvalue weighted by atomic mass is 35.5. The van der Waals surface area contributed by atoms with Gasteiger partial charge in [0.2, 0.25) is 0 Å². The third-order valence-electron chi connectivity index (χ3n) is 2.70. The summed E-state index contributed by atoms with van der Waals surface area (Å²) in [5.41, 5.74) is 5.65. The van der Waals surface area contributed by atoms with Gasteiger partial charge in [-0.15, -0.1) is 11.6 Å². The quantitative estimate of drug-likeness (QED) is 0.501. The molecule has 1 nitrogen and oxygen atoms in total. The van der Waals surface area contributed by atoms with Crippen molar-refractivity contribution in [3.8, 4) is 0 Å². The first-order chi connectivity index (χ1) is 4.63. The van der Waals surface area contributed by atoms with Gasteiger partial charge < -0.3 is 5.73 Å². The normalized spacial score (nSPS) is 15.3. The molecule has 62 valence electrons. The summed E-state index contributed by atoms with van der Waals surface area (Å²) in [6, 6.07) is 0. The van der Waals surface area contributed by atoms with Gasteiger partial charge in [0.15, 0.2) is 0 Å². The molecule has 0 radical (unpaired) electrons. The summed E-state index contributed by atoms with van der Waals surface area (Å²) in [5.74, 6) is 0. The van der Waals surface area contributed by atoms with E-state index in [9.17, 15) is 0 Å². The maximum absolute atomic E-state index is 5.88. The van der Waals surface area contributed by atoms with E-state index in [-0.39, 0.29) is 10.9 Å². The van der Waals surface area contributed by atoms with E-state index in [0.717, 1.165) is 19.3 Å². The highest BCUT2D eigenvalue weighted by Gasteiger charge is 2.29. The monoisotopic (exact) mass is 163 g/mol. The summed E-state index contributed by atoms with van der Waals surface area (Å²) in [7, 11) is 0. The van der Waals surface area contributed by atoms with Crippen molar-refractivity contribution in [2.24, 2.45) is 11.1 Å². The van der Waals surface area contributed by atoms with Crippen LogP contribution in [0.5, 0.6) is 0 Å². The van der Waals surface area contributed by atoms with E-state index >= 15 is 0 Å². The molecule has 0 heterocycles. The van der Waals surface area contributed by atoms with Crippen molar-refractivity contribution in [2.75, 3.05) is 0 Å². The molecule has 1 unspecified atom stereocenters. The first-order valence-corrected chi connectivity index (χ1v) is 4.46. The van der Waals surface area contributed by atoms with Crippen LogP contribution in [0, 0.1) is 5.41 Å². The molecule has 0 spiro atoms. The lowest BCUT2D eigenvalue weighted by molar-refractivity contribution is 0.240. The van der Waals surface area contributed by atoms with Gasteiger partial charge in [-0.1, -0.05) is 20.8 Å². The van der Waals surface area contributed by atoms with Crippen molar-refractivity contribution in [1.82, 2.24) is 0 Å². The lowest BCUT2D eigenvalue weighted by atomic mass is 9.80. The second kappa shape index (κ2) is 4.20. The number of alkyl halides is 1. The highest BCUT2D eigenvalue weighted by Crippen LogP contribution is 2.34. The molecule has 0 saturated heterocycles. The minimum absolute atomic E-state index is 0.168. The topological polar surface area (TPSA) is 26.0 Å². The molecular weight excluding hydrogens is 146 g/mol. The number of halogens is 1. The molecule has 2 N–H and O–H groups in total. The fraction of sp³-hybridized carbons (Fsp3) is 1.00. The third kappa shape index (κ3) is 1.86. The van der Waals surface area contributed by atoms with Crippen LogP contribution in [-0.2, 0) is 0 Å². The van der Waals surface area contributed by atoms with Crippen LogP contribution in [0.4, 0.5) is 0 Å². The van der Waals surface area contributed by atoms with Crippen LogP contribution in [0.15, 0.2) is 0 Å². The van der Waals surface area contributed by atoms with E-state index in [1.54, 1.807) is 0 Å². The summed E-state index contributed by atoms with van der Waals surface area (Å²) in [5, 5.41) is 0. The Morgan fingerprint density at radius 2 is 1.50 bits per heavy atom. The molecule has 0 bridgehead atoms. The standard InChI is InChI=1S/C8H18ClN/c1-4-8(5-2,6-3)7(9)10/h7H,4-6,10H2,1-3H3. The van der Waals surface area contributed by atoms with E-state index in [4.69, 9.17) is 17.3 Å². The second-order valence-electron chi connectivity index (χ2n) is 2.82. The van der Waals surface area contributed by atoms with Gasteiger partial charge in [-0.3, -0.25) is 0 Å². The highest BCUT2D eigenvalue weighted by molar-refractivity contribution is 6.20. The first kappa shape index (κ1) is 10.2. The van der Waals surface area contributed by atoms with Crippen LogP contribution in [0.25, 0.3) is 0 Å². The summed E-state index contributed by atoms with van der Waals surface area (Å²) >= 11 is 5.88. The van der Waals surface area contributed by atoms with Crippen LogP contribution < -0.4 is 5.73 Å². The lowest BCUT2D eigenvalue weighted by Gasteiger charge is -2.32. The molecule has 0 aliphatic rings. The molecule has 0 aliphatic carbocycles. The van der Waals surface area contributed by atoms with E-state index in [1.165, 1.54) is 0 Å². The third-order valence-corrected chi connectivity index (χ3v) is 3.16. The molecular formula is C8H18ClN. The van der Waals surface area contributed by atoms with Crippen LogP contribution in [0.2, 0.25) is 0 Å². The number of nitrogens with two attached hydrogens (primary N) is 1. The van der Waals surface area contributed by atoms with Crippen molar-refractivity contribution >= 4 is 11.6 Å². The molecule has 1 atom stereocenters. The zero-order chi connectivity index (χ0) is 8.20. The van der Waals surface area contributed by atoms with Crippen molar-refractivity contribution in [1.29, 1.82) is 0 Å². The Hall–Kier alpha value is 0.250. The molecule has 2 heteroatoms. The predicted molar refractivity (Wildman–Crippen MR) is 47.1 cm³/mol. The Labute approximate surface area is 68.9 Å². The minimum Gasteiger partial charge on any atom is -0.315 e. The first-order valence-electron chi connectivity index (χ1n) is 4.02. The Morgan fingerprint density at radius 1 is 1.20 bits per heavy atom. The molecule has 0 rings (SSSR count). The van der Waals surface area contributed by atoms with Gasteiger partial charge in [0.25, 0.3) is 0 Å². The molecule has 0 aromatic heterocycles. The van der Waals surface area contributed by atoms with Gasteiger partial charge in [-0.05, 0) is 24.7 Å². The Bertz CT molecular complexity index is 79.0. The Balaban J connectivity index is 4.15. The Kier molecular flexibility index (Phi) is 4.30. The van der Waals surface area contributed by atoms with Gasteiger partial charge in [-0.2, -0.15) is 0 Å². The SMILES string of the molecule is CCC(CC)(CC)C(N)Cl. The van der Waals surface area contributed by atoms with E-state index in [1.807, 2.05) is 0 Å². The summed E-state index contributed by atoms with van der Waals surface area (Å²) in [6.45, 7) is 6.44. The average molecular weight is 164 g/mol. The van der Waals surface area contributed by atoms with Crippen molar-refractivity contribution < 1.29 is 0 Å². The van der Waals surface area contributed by atoms with Gasteiger partial charge in [0.1, 0.15) is 0 Å². The summed E-state index contributed by atoms with van der Waals surface area (Å²) in [6.07, 6.45) is 3.22. The van der Waals surface area contributed by atoms with E-state index in [2.05, 4.69) is 20.8 Å². The van der Waals surface area contributed by atoms with Crippen molar-refractivity contribution in [3.05, 3.63) is 0 Å². The number of rotatable bonds is 4. The predicted octanol–water partition coefficient (Wildman–Crippen LogP) is 2.73. The molecule has 0 aliphatic heterocycles. The van der Waals surface area contributed by atoms with Gasteiger partial charge >= 0.3 is 0 Å². The summed E-state index contributed by atoms with van der Waals surface area (Å²) < 4.78 is 0. The maximum atomic E-state index is 5.88. The molecule has 0 saturated carbocycles. The largest absolute Gasteiger partial charge is 0.315 e. The fourth-order valence-corrected chi connectivity index (χ4v) is 1.80. The van der Waals surface area contributed by atoms with E-state index in [0.29, 0.717) is 0 Å². The Morgan fingerprint density at radius 3 is 1.50 bits per heavy atom. The van der Waals surface area contributed by atoms with Gasteiger partial charge in [-0.25, -0.2) is 0 Å². The zero-order valence-corrected chi connectivity index (χ0v) is 7.91. The van der Waals surface area contributed by atoms with Gasteiger partial charge in [0, 0.05) is 0 Å². The average Bonchev–Trinajstić information content (AvgIpc) is 1.92. The summed E-state index contributed by atoms with van der Waals surface area (Å²) in [4.78, 5) is 0. The number of hydrogen-bond donors (Lipinski definition) is 1. The maximum Gasteiger partial charge on any atom is 0.0857 e. The van der Waals surface area contributed by atoms with Crippen LogP contribution >= 0.6 is 11.6 Å². The zero-order valence-electron chi connectivity index (χ0n) is 7.15. The van der Waals surface area contributed by atoms with E-state index < -0.39 is 0 Å². The molecule has 0 fully saturated rings. The molecule has 10 heavy (non-hydrogen) atoms. The molecule has 0 amide bonds.